The Kier molecular flexibility index (Phi) is 4.25. The number of benzene rings is 1. The summed E-state index contributed by atoms with van der Waals surface area (Å²) in [7, 11) is -0.404. The van der Waals surface area contributed by atoms with Crippen LogP contribution in [0.3, 0.4) is 0 Å². The zero-order valence-corrected chi connectivity index (χ0v) is 15.4. The molecule has 23 heavy (non-hydrogen) atoms. The standard InChI is InChI=1S/C16H20BNO3S2/c1-15(2)16(3,4)21-17(20-15)11(9-22)7-10-5-6-12-13(8-10)23-14(19)18-12/h5-8,22H,9H2,1-4H3,(H,18,19). The summed E-state index contributed by atoms with van der Waals surface area (Å²) in [5.74, 6) is 0.540. The van der Waals surface area contributed by atoms with Gasteiger partial charge in [-0.3, -0.25) is 4.79 Å². The van der Waals surface area contributed by atoms with Crippen LogP contribution in [-0.2, 0) is 9.31 Å². The quantitative estimate of drug-likeness (QED) is 0.658. The number of hydrogen-bond acceptors (Lipinski definition) is 5. The van der Waals surface area contributed by atoms with Gasteiger partial charge in [0, 0.05) is 5.75 Å². The summed E-state index contributed by atoms with van der Waals surface area (Å²) < 4.78 is 13.1. The largest absolute Gasteiger partial charge is 0.491 e. The van der Waals surface area contributed by atoms with Crippen LogP contribution in [-0.4, -0.2) is 29.1 Å². The highest BCUT2D eigenvalue weighted by molar-refractivity contribution is 7.80. The predicted octanol–water partition coefficient (Wildman–Crippen LogP) is 3.53. The van der Waals surface area contributed by atoms with Crippen molar-refractivity contribution in [2.45, 2.75) is 38.9 Å². The molecule has 0 amide bonds. The maximum absolute atomic E-state index is 11.4. The Morgan fingerprint density at radius 2 is 1.96 bits per heavy atom. The van der Waals surface area contributed by atoms with E-state index in [-0.39, 0.29) is 16.1 Å². The van der Waals surface area contributed by atoms with Crippen molar-refractivity contribution in [3.05, 3.63) is 38.9 Å². The lowest BCUT2D eigenvalue weighted by Crippen LogP contribution is -2.41. The number of fused-ring (bicyclic) bond motifs is 1. The summed E-state index contributed by atoms with van der Waals surface area (Å²) in [6, 6.07) is 5.88. The molecule has 0 bridgehead atoms. The van der Waals surface area contributed by atoms with Gasteiger partial charge in [0.25, 0.3) is 0 Å². The Morgan fingerprint density at radius 1 is 1.30 bits per heavy atom. The van der Waals surface area contributed by atoms with Crippen molar-refractivity contribution in [3.63, 3.8) is 0 Å². The number of rotatable bonds is 3. The number of hydrogen-bond donors (Lipinski definition) is 2. The third-order valence-corrected chi connectivity index (χ3v) is 5.75. The SMILES string of the molecule is CC1(C)OB(C(=Cc2ccc3[nH]c(=O)sc3c2)CS)OC1(C)C. The van der Waals surface area contributed by atoms with Crippen molar-refractivity contribution >= 4 is 47.4 Å². The summed E-state index contributed by atoms with van der Waals surface area (Å²) in [6.07, 6.45) is 2.03. The molecular weight excluding hydrogens is 329 g/mol. The van der Waals surface area contributed by atoms with Crippen LogP contribution in [0, 0.1) is 0 Å². The lowest BCUT2D eigenvalue weighted by atomic mass is 9.78. The third kappa shape index (κ3) is 3.15. The number of aromatic amines is 1. The molecule has 0 spiro atoms. The number of nitrogens with one attached hydrogen (secondary N) is 1. The van der Waals surface area contributed by atoms with Crippen LogP contribution in [0.5, 0.6) is 0 Å². The van der Waals surface area contributed by atoms with Gasteiger partial charge in [-0.2, -0.15) is 12.6 Å². The number of aromatic nitrogens is 1. The van der Waals surface area contributed by atoms with E-state index in [1.54, 1.807) is 0 Å². The molecule has 7 heteroatoms. The Hall–Kier alpha value is -1.02. The molecule has 1 fully saturated rings. The molecule has 1 aliphatic heterocycles. The van der Waals surface area contributed by atoms with Crippen molar-refractivity contribution in [1.82, 2.24) is 4.98 Å². The summed E-state index contributed by atoms with van der Waals surface area (Å²) in [6.45, 7) is 8.14. The summed E-state index contributed by atoms with van der Waals surface area (Å²) in [4.78, 5) is 14.2. The molecule has 1 aromatic carbocycles. The summed E-state index contributed by atoms with van der Waals surface area (Å²) in [5.41, 5.74) is 2.09. The second-order valence-corrected chi connectivity index (χ2v) is 8.07. The number of H-pyrrole nitrogens is 1. The van der Waals surface area contributed by atoms with Crippen molar-refractivity contribution in [1.29, 1.82) is 0 Å². The molecule has 0 saturated carbocycles. The monoisotopic (exact) mass is 349 g/mol. The van der Waals surface area contributed by atoms with Crippen molar-refractivity contribution in [2.75, 3.05) is 5.75 Å². The highest BCUT2D eigenvalue weighted by Gasteiger charge is 2.52. The fourth-order valence-electron chi connectivity index (χ4n) is 2.45. The van der Waals surface area contributed by atoms with Gasteiger partial charge in [-0.1, -0.05) is 23.5 Å². The van der Waals surface area contributed by atoms with E-state index < -0.39 is 7.12 Å². The molecule has 3 rings (SSSR count). The molecule has 1 aliphatic rings. The number of thiazole rings is 1. The topological polar surface area (TPSA) is 51.3 Å². The van der Waals surface area contributed by atoms with Gasteiger partial charge in [0.1, 0.15) is 0 Å². The molecule has 0 radical (unpaired) electrons. The van der Waals surface area contributed by atoms with E-state index in [2.05, 4.69) is 17.6 Å². The van der Waals surface area contributed by atoms with Gasteiger partial charge in [0.2, 0.25) is 0 Å². The van der Waals surface area contributed by atoms with Crippen LogP contribution in [0.2, 0.25) is 0 Å². The van der Waals surface area contributed by atoms with E-state index in [1.165, 1.54) is 11.3 Å². The smallest absolute Gasteiger partial charge is 0.400 e. The minimum Gasteiger partial charge on any atom is -0.400 e. The van der Waals surface area contributed by atoms with Crippen LogP contribution in [0.15, 0.2) is 28.5 Å². The molecule has 1 N–H and O–H groups in total. The second kappa shape index (κ2) is 5.81. The molecule has 1 aromatic heterocycles. The lowest BCUT2D eigenvalue weighted by Gasteiger charge is -2.32. The van der Waals surface area contributed by atoms with E-state index in [0.29, 0.717) is 5.75 Å². The zero-order chi connectivity index (χ0) is 16.8. The Bertz CT molecular complexity index is 806. The molecular formula is C16H20BNO3S2. The van der Waals surface area contributed by atoms with Crippen LogP contribution >= 0.6 is 24.0 Å². The van der Waals surface area contributed by atoms with E-state index in [4.69, 9.17) is 9.31 Å². The molecule has 0 atom stereocenters. The highest BCUT2D eigenvalue weighted by Crippen LogP contribution is 2.39. The van der Waals surface area contributed by atoms with Crippen molar-refractivity contribution in [2.24, 2.45) is 0 Å². The Morgan fingerprint density at radius 3 is 2.57 bits per heavy atom. The maximum Gasteiger partial charge on any atom is 0.491 e. The molecule has 4 nitrogen and oxygen atoms in total. The number of thiol groups is 1. The average molecular weight is 349 g/mol. The first-order valence-corrected chi connectivity index (χ1v) is 8.96. The average Bonchev–Trinajstić information content (AvgIpc) is 2.91. The summed E-state index contributed by atoms with van der Waals surface area (Å²) in [5, 5.41) is 0. The van der Waals surface area contributed by atoms with Gasteiger partial charge in [-0.25, -0.2) is 0 Å². The molecule has 2 heterocycles. The Balaban J connectivity index is 1.93. The van der Waals surface area contributed by atoms with Crippen LogP contribution in [0.4, 0.5) is 0 Å². The molecule has 0 unspecified atom stereocenters. The molecule has 0 aliphatic carbocycles. The second-order valence-electron chi connectivity index (χ2n) is 6.74. The van der Waals surface area contributed by atoms with Gasteiger partial charge < -0.3 is 14.3 Å². The first-order valence-electron chi connectivity index (χ1n) is 7.52. The predicted molar refractivity (Wildman–Crippen MR) is 100 cm³/mol. The van der Waals surface area contributed by atoms with E-state index in [1.807, 2.05) is 52.0 Å². The maximum atomic E-state index is 11.4. The lowest BCUT2D eigenvalue weighted by molar-refractivity contribution is 0.00578. The van der Waals surface area contributed by atoms with Gasteiger partial charge in [-0.05, 0) is 50.9 Å². The highest BCUT2D eigenvalue weighted by atomic mass is 32.1. The normalized spacial score (nSPS) is 20.4. The first kappa shape index (κ1) is 16.8. The summed E-state index contributed by atoms with van der Waals surface area (Å²) >= 11 is 5.64. The van der Waals surface area contributed by atoms with E-state index in [0.717, 1.165) is 21.3 Å². The van der Waals surface area contributed by atoms with Gasteiger partial charge >= 0.3 is 12.0 Å². The third-order valence-electron chi connectivity index (χ3n) is 4.54. The minimum atomic E-state index is -0.404. The van der Waals surface area contributed by atoms with Crippen molar-refractivity contribution in [3.8, 4) is 0 Å². The van der Waals surface area contributed by atoms with E-state index in [9.17, 15) is 4.79 Å². The van der Waals surface area contributed by atoms with Crippen LogP contribution < -0.4 is 4.87 Å². The van der Waals surface area contributed by atoms with Crippen molar-refractivity contribution < 1.29 is 9.31 Å². The fraction of sp³-hybridized carbons (Fsp3) is 0.438. The zero-order valence-electron chi connectivity index (χ0n) is 13.7. The fourth-order valence-corrected chi connectivity index (χ4v) is 3.47. The first-order chi connectivity index (χ1) is 10.7. The molecule has 2 aromatic rings. The Labute approximate surface area is 145 Å². The van der Waals surface area contributed by atoms with Gasteiger partial charge in [0.05, 0.1) is 21.4 Å². The molecule has 1 saturated heterocycles. The van der Waals surface area contributed by atoms with Crippen LogP contribution in [0.1, 0.15) is 33.3 Å². The van der Waals surface area contributed by atoms with Gasteiger partial charge in [0.15, 0.2) is 0 Å². The van der Waals surface area contributed by atoms with Crippen LogP contribution in [0.25, 0.3) is 16.3 Å². The minimum absolute atomic E-state index is 0.0403. The van der Waals surface area contributed by atoms with Gasteiger partial charge in [-0.15, -0.1) is 0 Å². The molecule has 122 valence electrons. The van der Waals surface area contributed by atoms with E-state index >= 15 is 0 Å².